The van der Waals surface area contributed by atoms with Crippen molar-refractivity contribution in [2.45, 2.75) is 0 Å². The summed E-state index contributed by atoms with van der Waals surface area (Å²) in [5.74, 6) is -1.20. The van der Waals surface area contributed by atoms with Gasteiger partial charge in [-0.05, 0) is 52.3 Å². The van der Waals surface area contributed by atoms with Crippen LogP contribution in [0.15, 0.2) is 58.8 Å². The molecule has 1 aromatic carbocycles. The number of rotatable bonds is 5. The zero-order chi connectivity index (χ0) is 17.5. The Labute approximate surface area is 145 Å². The summed E-state index contributed by atoms with van der Waals surface area (Å²) < 4.78 is 0.806. The predicted molar refractivity (Wildman–Crippen MR) is 91.3 cm³/mol. The van der Waals surface area contributed by atoms with E-state index in [1.54, 1.807) is 24.4 Å². The van der Waals surface area contributed by atoms with Crippen LogP contribution in [0.4, 0.5) is 11.5 Å². The zero-order valence-electron chi connectivity index (χ0n) is 12.2. The van der Waals surface area contributed by atoms with Crippen molar-refractivity contribution in [3.05, 3.63) is 64.4 Å². The van der Waals surface area contributed by atoms with Crippen LogP contribution < -0.4 is 10.6 Å². The van der Waals surface area contributed by atoms with E-state index in [1.807, 2.05) is 0 Å². The van der Waals surface area contributed by atoms with Gasteiger partial charge in [-0.25, -0.2) is 9.78 Å². The Bertz CT molecular complexity index is 824. The van der Waals surface area contributed by atoms with Crippen molar-refractivity contribution in [1.82, 2.24) is 4.98 Å². The lowest BCUT2D eigenvalue weighted by molar-refractivity contribution is -0.112. The van der Waals surface area contributed by atoms with Crippen LogP contribution in [0.1, 0.15) is 10.4 Å². The number of nitrogens with one attached hydrogen (secondary N) is 2. The van der Waals surface area contributed by atoms with E-state index in [4.69, 9.17) is 10.4 Å². The van der Waals surface area contributed by atoms with Gasteiger partial charge in [0.05, 0.1) is 5.56 Å². The number of nitriles is 1. The van der Waals surface area contributed by atoms with Crippen molar-refractivity contribution in [2.75, 3.05) is 10.6 Å². The molecule has 120 valence electrons. The van der Waals surface area contributed by atoms with Gasteiger partial charge in [-0.1, -0.05) is 0 Å². The fourth-order valence-electron chi connectivity index (χ4n) is 1.65. The Balaban J connectivity index is 2.05. The number of hydrogen-bond donors (Lipinski definition) is 3. The smallest absolute Gasteiger partial charge is 0.335 e. The number of halogens is 1. The predicted octanol–water partition coefficient (Wildman–Crippen LogP) is 3.00. The van der Waals surface area contributed by atoms with Gasteiger partial charge in [-0.15, -0.1) is 0 Å². The van der Waals surface area contributed by atoms with E-state index in [2.05, 4.69) is 31.5 Å². The number of aromatic nitrogens is 1. The molecule has 0 aliphatic carbocycles. The number of amides is 1. The number of aromatic carboxylic acids is 1. The van der Waals surface area contributed by atoms with Crippen LogP contribution in [0.3, 0.4) is 0 Å². The molecule has 0 unspecified atom stereocenters. The molecule has 0 spiro atoms. The molecule has 0 saturated carbocycles. The highest BCUT2D eigenvalue weighted by Gasteiger charge is 2.10. The molecule has 0 atom stereocenters. The summed E-state index contributed by atoms with van der Waals surface area (Å²) in [6.45, 7) is 0. The first-order valence-corrected chi connectivity index (χ1v) is 7.42. The number of carbonyl (C=O) groups is 2. The van der Waals surface area contributed by atoms with Crippen molar-refractivity contribution in [1.29, 1.82) is 5.26 Å². The lowest BCUT2D eigenvalue weighted by Gasteiger charge is -2.05. The van der Waals surface area contributed by atoms with Crippen molar-refractivity contribution in [3.8, 4) is 6.07 Å². The highest BCUT2D eigenvalue weighted by atomic mass is 79.9. The van der Waals surface area contributed by atoms with Crippen LogP contribution in [0.25, 0.3) is 0 Å². The third-order valence-electron chi connectivity index (χ3n) is 2.85. The quantitative estimate of drug-likeness (QED) is 0.537. The van der Waals surface area contributed by atoms with Crippen LogP contribution in [0, 0.1) is 11.3 Å². The van der Waals surface area contributed by atoms with Gasteiger partial charge in [0.25, 0.3) is 5.91 Å². The molecule has 8 heteroatoms. The molecule has 3 N–H and O–H groups in total. The first kappa shape index (κ1) is 17.2. The lowest BCUT2D eigenvalue weighted by Crippen LogP contribution is -2.14. The second kappa shape index (κ2) is 7.89. The highest BCUT2D eigenvalue weighted by molar-refractivity contribution is 9.10. The van der Waals surface area contributed by atoms with Crippen molar-refractivity contribution >= 4 is 39.3 Å². The van der Waals surface area contributed by atoms with Gasteiger partial charge < -0.3 is 15.7 Å². The monoisotopic (exact) mass is 386 g/mol. The van der Waals surface area contributed by atoms with Gasteiger partial charge in [0.15, 0.2) is 0 Å². The van der Waals surface area contributed by atoms with Gasteiger partial charge in [-0.3, -0.25) is 4.79 Å². The maximum atomic E-state index is 12.1. The third-order valence-corrected chi connectivity index (χ3v) is 3.32. The summed E-state index contributed by atoms with van der Waals surface area (Å²) in [7, 11) is 0. The average Bonchev–Trinajstić information content (AvgIpc) is 2.57. The molecule has 7 nitrogen and oxygen atoms in total. The molecule has 24 heavy (non-hydrogen) atoms. The van der Waals surface area contributed by atoms with Gasteiger partial charge >= 0.3 is 5.97 Å². The van der Waals surface area contributed by atoms with Crippen LogP contribution >= 0.6 is 15.9 Å². The molecule has 0 fully saturated rings. The fraction of sp³-hybridized carbons (Fsp3) is 0. The number of pyridine rings is 1. The van der Waals surface area contributed by atoms with Gasteiger partial charge in [-0.2, -0.15) is 5.26 Å². The highest BCUT2D eigenvalue weighted by Crippen LogP contribution is 2.12. The summed E-state index contributed by atoms with van der Waals surface area (Å²) in [6, 6.07) is 10.8. The zero-order valence-corrected chi connectivity index (χ0v) is 13.7. The molecule has 0 radical (unpaired) electrons. The van der Waals surface area contributed by atoms with E-state index < -0.39 is 11.9 Å². The SMILES string of the molecule is N#C/C(=C/Nc1ccc(Br)cn1)C(=O)Nc1ccc(C(=O)O)cc1. The number of nitrogens with zero attached hydrogens (tertiary/aromatic N) is 2. The summed E-state index contributed by atoms with van der Waals surface area (Å²) in [5, 5.41) is 23.2. The normalized spacial score (nSPS) is 10.6. The molecule has 2 aromatic rings. The summed E-state index contributed by atoms with van der Waals surface area (Å²) in [6.07, 6.45) is 2.82. The van der Waals surface area contributed by atoms with Crippen molar-refractivity contribution in [2.24, 2.45) is 0 Å². The second-order valence-corrected chi connectivity index (χ2v) is 5.43. The van der Waals surface area contributed by atoms with Crippen LogP contribution in [0.5, 0.6) is 0 Å². The third kappa shape index (κ3) is 4.66. The molecular weight excluding hydrogens is 376 g/mol. The summed E-state index contributed by atoms with van der Waals surface area (Å²) in [5.41, 5.74) is 0.335. The largest absolute Gasteiger partial charge is 0.478 e. The van der Waals surface area contributed by atoms with Gasteiger partial charge in [0.1, 0.15) is 17.5 Å². The summed E-state index contributed by atoms with van der Waals surface area (Å²) in [4.78, 5) is 26.9. The number of carboxylic acid groups (broad SMARTS) is 1. The standard InChI is InChI=1S/C16H11BrN4O3/c17-12-3-6-14(20-9-12)19-8-11(7-18)15(22)21-13-4-1-10(2-5-13)16(23)24/h1-6,8-9H,(H,19,20)(H,21,22)(H,23,24)/b11-8-. The van der Waals surface area contributed by atoms with E-state index >= 15 is 0 Å². The average molecular weight is 387 g/mol. The molecule has 0 saturated heterocycles. The number of carbonyl (C=O) groups excluding carboxylic acids is 1. The maximum absolute atomic E-state index is 12.1. The molecule has 2 rings (SSSR count). The molecular formula is C16H11BrN4O3. The number of benzene rings is 1. The molecule has 0 aliphatic heterocycles. The Hall–Kier alpha value is -3.18. The second-order valence-electron chi connectivity index (χ2n) is 4.51. The fourth-order valence-corrected chi connectivity index (χ4v) is 1.89. The Kier molecular flexibility index (Phi) is 5.65. The van der Waals surface area contributed by atoms with Crippen molar-refractivity contribution < 1.29 is 14.7 Å². The summed E-state index contributed by atoms with van der Waals surface area (Å²) >= 11 is 3.25. The topological polar surface area (TPSA) is 115 Å². The minimum Gasteiger partial charge on any atom is -0.478 e. The lowest BCUT2D eigenvalue weighted by atomic mass is 10.2. The van der Waals surface area contributed by atoms with Crippen LogP contribution in [-0.2, 0) is 4.79 Å². The maximum Gasteiger partial charge on any atom is 0.335 e. The molecule has 0 bridgehead atoms. The Morgan fingerprint density at radius 3 is 2.46 bits per heavy atom. The van der Waals surface area contributed by atoms with Crippen molar-refractivity contribution in [3.63, 3.8) is 0 Å². The number of hydrogen-bond acceptors (Lipinski definition) is 5. The van der Waals surface area contributed by atoms with E-state index in [1.165, 1.54) is 30.5 Å². The minimum absolute atomic E-state index is 0.104. The van der Waals surface area contributed by atoms with E-state index in [0.717, 1.165) is 4.47 Å². The van der Waals surface area contributed by atoms with E-state index in [-0.39, 0.29) is 11.1 Å². The Morgan fingerprint density at radius 1 is 1.21 bits per heavy atom. The minimum atomic E-state index is -1.06. The number of anilines is 2. The molecule has 1 amide bonds. The molecule has 1 heterocycles. The van der Waals surface area contributed by atoms with E-state index in [9.17, 15) is 9.59 Å². The van der Waals surface area contributed by atoms with Crippen LogP contribution in [0.2, 0.25) is 0 Å². The first-order valence-electron chi connectivity index (χ1n) is 6.62. The van der Waals surface area contributed by atoms with Gasteiger partial charge in [0, 0.05) is 22.6 Å². The first-order chi connectivity index (χ1) is 11.5. The van der Waals surface area contributed by atoms with Gasteiger partial charge in [0.2, 0.25) is 0 Å². The van der Waals surface area contributed by atoms with E-state index in [0.29, 0.717) is 11.5 Å². The number of carboxylic acids is 1. The molecule has 0 aliphatic rings. The molecule has 1 aromatic heterocycles. The Morgan fingerprint density at radius 2 is 1.92 bits per heavy atom. The van der Waals surface area contributed by atoms with Crippen LogP contribution in [-0.4, -0.2) is 22.0 Å².